The van der Waals surface area contributed by atoms with E-state index in [1.165, 1.54) is 0 Å². The molecule has 82 valence electrons. The molecule has 0 bridgehead atoms. The summed E-state index contributed by atoms with van der Waals surface area (Å²) in [4.78, 5) is 11.7. The van der Waals surface area contributed by atoms with Gasteiger partial charge in [0, 0.05) is 8.95 Å². The summed E-state index contributed by atoms with van der Waals surface area (Å²) in [6.07, 6.45) is 0. The van der Waals surface area contributed by atoms with E-state index in [9.17, 15) is 4.79 Å². The Morgan fingerprint density at radius 1 is 1.27 bits per heavy atom. The van der Waals surface area contributed by atoms with Crippen LogP contribution in [0.5, 0.6) is 0 Å². The van der Waals surface area contributed by atoms with Gasteiger partial charge < -0.3 is 5.32 Å². The molecule has 0 spiro atoms. The molecule has 0 unspecified atom stereocenters. The maximum Gasteiger partial charge on any atom is 0.240 e. The highest BCUT2D eigenvalue weighted by atomic mass is 79.9. The summed E-state index contributed by atoms with van der Waals surface area (Å²) >= 11 is 10.1. The Balaban J connectivity index is 2.95. The van der Waals surface area contributed by atoms with Crippen molar-refractivity contribution >= 4 is 59.4 Å². The van der Waals surface area contributed by atoms with Crippen LogP contribution in [0.4, 0.5) is 5.69 Å². The molecule has 2 nitrogen and oxygen atoms in total. The predicted octanol–water partition coefficient (Wildman–Crippen LogP) is 4.32. The van der Waals surface area contributed by atoms with Crippen molar-refractivity contribution in [3.05, 3.63) is 27.1 Å². The minimum atomic E-state index is -0.582. The fourth-order valence-corrected chi connectivity index (χ4v) is 2.18. The van der Waals surface area contributed by atoms with E-state index in [1.54, 1.807) is 13.8 Å². The van der Waals surface area contributed by atoms with E-state index in [-0.39, 0.29) is 5.91 Å². The van der Waals surface area contributed by atoms with Crippen molar-refractivity contribution < 1.29 is 4.79 Å². The van der Waals surface area contributed by atoms with Gasteiger partial charge in [0.05, 0.1) is 10.0 Å². The van der Waals surface area contributed by atoms with Crippen LogP contribution in [0.25, 0.3) is 0 Å². The van der Waals surface area contributed by atoms with Gasteiger partial charge in [-0.1, -0.05) is 22.0 Å². The number of halogens is 3. The number of rotatable bonds is 2. The molecular weight excluding hydrogens is 390 g/mol. The topological polar surface area (TPSA) is 29.1 Å². The minimum Gasteiger partial charge on any atom is -0.323 e. The van der Waals surface area contributed by atoms with Crippen LogP contribution in [0.1, 0.15) is 13.8 Å². The van der Waals surface area contributed by atoms with Crippen molar-refractivity contribution in [3.63, 3.8) is 0 Å². The molecule has 5 heteroatoms. The first kappa shape index (κ1) is 13.2. The summed E-state index contributed by atoms with van der Waals surface area (Å²) in [7, 11) is 0. The maximum absolute atomic E-state index is 11.7. The number of carbonyl (C=O) groups excluding carboxylic acids is 1. The van der Waals surface area contributed by atoms with Crippen molar-refractivity contribution in [3.8, 4) is 0 Å². The molecule has 15 heavy (non-hydrogen) atoms. The van der Waals surface area contributed by atoms with Gasteiger partial charge in [-0.05, 0) is 57.8 Å². The first-order chi connectivity index (χ1) is 6.82. The molecule has 0 radical (unpaired) electrons. The maximum atomic E-state index is 11.7. The second-order valence-electron chi connectivity index (χ2n) is 3.52. The van der Waals surface area contributed by atoms with Crippen LogP contribution in [-0.4, -0.2) is 10.2 Å². The second kappa shape index (κ2) is 4.97. The average molecular weight is 400 g/mol. The molecule has 0 saturated heterocycles. The standard InChI is InChI=1S/C10H10Br3NO/c1-10(2,13)9(15)14-8-6(11)4-3-5-7(8)12/h3-5H,1-2H3,(H,14,15). The molecule has 1 N–H and O–H groups in total. The van der Waals surface area contributed by atoms with E-state index in [2.05, 4.69) is 53.1 Å². The number of hydrogen-bond donors (Lipinski definition) is 1. The van der Waals surface area contributed by atoms with Crippen molar-refractivity contribution in [2.24, 2.45) is 0 Å². The highest BCUT2D eigenvalue weighted by Crippen LogP contribution is 2.31. The molecule has 0 aromatic heterocycles. The van der Waals surface area contributed by atoms with Gasteiger partial charge in [-0.25, -0.2) is 0 Å². The molecule has 0 saturated carbocycles. The highest BCUT2D eigenvalue weighted by Gasteiger charge is 2.24. The molecule has 0 atom stereocenters. The lowest BCUT2D eigenvalue weighted by Gasteiger charge is -2.17. The molecule has 1 rings (SSSR count). The number of anilines is 1. The van der Waals surface area contributed by atoms with Gasteiger partial charge in [-0.3, -0.25) is 4.79 Å². The number of amides is 1. The molecule has 0 fully saturated rings. The van der Waals surface area contributed by atoms with Gasteiger partial charge in [0.2, 0.25) is 5.91 Å². The third kappa shape index (κ3) is 3.57. The van der Waals surface area contributed by atoms with Gasteiger partial charge in [0.25, 0.3) is 0 Å². The number of carbonyl (C=O) groups is 1. The number of benzene rings is 1. The lowest BCUT2D eigenvalue weighted by Crippen LogP contribution is -2.31. The summed E-state index contributed by atoms with van der Waals surface area (Å²) in [5.74, 6) is -0.0879. The van der Waals surface area contributed by atoms with Gasteiger partial charge in [0.15, 0.2) is 0 Å². The van der Waals surface area contributed by atoms with Crippen LogP contribution in [0, 0.1) is 0 Å². The third-order valence-electron chi connectivity index (χ3n) is 1.74. The smallest absolute Gasteiger partial charge is 0.240 e. The zero-order valence-electron chi connectivity index (χ0n) is 8.27. The average Bonchev–Trinajstić information content (AvgIpc) is 2.09. The summed E-state index contributed by atoms with van der Waals surface area (Å²) in [6, 6.07) is 5.65. The van der Waals surface area contributed by atoms with Crippen LogP contribution < -0.4 is 5.32 Å². The summed E-state index contributed by atoms with van der Waals surface area (Å²) in [6.45, 7) is 3.60. The number of para-hydroxylation sites is 1. The Labute approximate surface area is 114 Å². The molecule has 0 heterocycles. The monoisotopic (exact) mass is 397 g/mol. The normalized spacial score (nSPS) is 11.3. The van der Waals surface area contributed by atoms with Crippen molar-refractivity contribution in [1.29, 1.82) is 0 Å². The van der Waals surface area contributed by atoms with Crippen LogP contribution in [0.3, 0.4) is 0 Å². The molecule has 1 aromatic rings. The van der Waals surface area contributed by atoms with Gasteiger partial charge in [-0.2, -0.15) is 0 Å². The summed E-state index contributed by atoms with van der Waals surface area (Å²) < 4.78 is 1.12. The van der Waals surface area contributed by atoms with E-state index in [0.717, 1.165) is 14.6 Å². The van der Waals surface area contributed by atoms with Crippen molar-refractivity contribution in [1.82, 2.24) is 0 Å². The highest BCUT2D eigenvalue weighted by molar-refractivity contribution is 9.11. The molecular formula is C10H10Br3NO. The Kier molecular flexibility index (Phi) is 4.38. The molecule has 1 amide bonds. The van der Waals surface area contributed by atoms with E-state index < -0.39 is 4.32 Å². The first-order valence-electron chi connectivity index (χ1n) is 4.27. The molecule has 0 aliphatic heterocycles. The molecule has 0 aliphatic rings. The Hall–Kier alpha value is 0.130. The second-order valence-corrected chi connectivity index (χ2v) is 7.21. The van der Waals surface area contributed by atoms with Crippen LogP contribution in [0.15, 0.2) is 27.1 Å². The van der Waals surface area contributed by atoms with Crippen molar-refractivity contribution in [2.75, 3.05) is 5.32 Å². The molecule has 1 aromatic carbocycles. The lowest BCUT2D eigenvalue weighted by molar-refractivity contribution is -0.117. The van der Waals surface area contributed by atoms with Crippen molar-refractivity contribution in [2.45, 2.75) is 18.2 Å². The quantitative estimate of drug-likeness (QED) is 0.737. The van der Waals surface area contributed by atoms with E-state index in [0.29, 0.717) is 0 Å². The zero-order valence-corrected chi connectivity index (χ0v) is 13.0. The summed E-state index contributed by atoms with van der Waals surface area (Å²) in [5.41, 5.74) is 0.745. The molecule has 0 aliphatic carbocycles. The SMILES string of the molecule is CC(C)(Br)C(=O)Nc1c(Br)cccc1Br. The lowest BCUT2D eigenvalue weighted by atomic mass is 10.2. The number of hydrogen-bond acceptors (Lipinski definition) is 1. The van der Waals surface area contributed by atoms with Crippen LogP contribution in [-0.2, 0) is 4.79 Å². The van der Waals surface area contributed by atoms with Gasteiger partial charge in [0.1, 0.15) is 0 Å². The van der Waals surface area contributed by atoms with Gasteiger partial charge in [-0.15, -0.1) is 0 Å². The Bertz CT molecular complexity index is 364. The Morgan fingerprint density at radius 2 is 1.73 bits per heavy atom. The van der Waals surface area contributed by atoms with E-state index in [4.69, 9.17) is 0 Å². The summed E-state index contributed by atoms with van der Waals surface area (Å²) in [5, 5.41) is 2.84. The fourth-order valence-electron chi connectivity index (χ4n) is 0.879. The Morgan fingerprint density at radius 3 is 2.13 bits per heavy atom. The van der Waals surface area contributed by atoms with Crippen LogP contribution >= 0.6 is 47.8 Å². The van der Waals surface area contributed by atoms with E-state index >= 15 is 0 Å². The van der Waals surface area contributed by atoms with E-state index in [1.807, 2.05) is 18.2 Å². The largest absolute Gasteiger partial charge is 0.323 e. The first-order valence-corrected chi connectivity index (χ1v) is 6.64. The zero-order chi connectivity index (χ0) is 11.6. The number of nitrogens with one attached hydrogen (secondary N) is 1. The minimum absolute atomic E-state index is 0.0879. The van der Waals surface area contributed by atoms with Crippen LogP contribution in [0.2, 0.25) is 0 Å². The predicted molar refractivity (Wildman–Crippen MR) is 73.5 cm³/mol. The third-order valence-corrected chi connectivity index (χ3v) is 3.42. The fraction of sp³-hybridized carbons (Fsp3) is 0.300. The number of alkyl halides is 1. The van der Waals surface area contributed by atoms with Gasteiger partial charge >= 0.3 is 0 Å².